The average molecular weight is 400 g/mol. The van der Waals surface area contributed by atoms with Crippen LogP contribution < -0.4 is 0 Å². The third kappa shape index (κ3) is 5.00. The van der Waals surface area contributed by atoms with Crippen molar-refractivity contribution in [1.82, 2.24) is 9.80 Å². The van der Waals surface area contributed by atoms with Gasteiger partial charge in [0.1, 0.15) is 0 Å². The summed E-state index contributed by atoms with van der Waals surface area (Å²) in [7, 11) is 1.67. The Morgan fingerprint density at radius 1 is 1.14 bits per heavy atom. The van der Waals surface area contributed by atoms with Gasteiger partial charge in [-0.25, -0.2) is 8.78 Å². The van der Waals surface area contributed by atoms with Gasteiger partial charge in [0.05, 0.1) is 18.4 Å². The van der Waals surface area contributed by atoms with Crippen molar-refractivity contribution in [3.63, 3.8) is 0 Å². The van der Waals surface area contributed by atoms with Crippen molar-refractivity contribution in [2.24, 2.45) is 5.92 Å². The maximum absolute atomic E-state index is 13.6. The monoisotopic (exact) mass is 400 g/mol. The fourth-order valence-corrected chi connectivity index (χ4v) is 3.76. The molecule has 2 aromatic carbocycles. The summed E-state index contributed by atoms with van der Waals surface area (Å²) < 4.78 is 26.7. The van der Waals surface area contributed by atoms with E-state index in [0.29, 0.717) is 31.5 Å². The third-order valence-corrected chi connectivity index (χ3v) is 5.68. The SMILES string of the molecule is CC(c1ccc(F)c(F)c1)N(C)C(=O)C1CCCN(C(=O)Cc2ccccc2)C1. The van der Waals surface area contributed by atoms with Crippen molar-refractivity contribution < 1.29 is 18.4 Å². The van der Waals surface area contributed by atoms with Gasteiger partial charge in [-0.1, -0.05) is 36.4 Å². The van der Waals surface area contributed by atoms with E-state index in [1.807, 2.05) is 30.3 Å². The van der Waals surface area contributed by atoms with Crippen molar-refractivity contribution in [2.45, 2.75) is 32.2 Å². The number of piperidine rings is 1. The highest BCUT2D eigenvalue weighted by molar-refractivity contribution is 5.82. The topological polar surface area (TPSA) is 40.6 Å². The Hall–Kier alpha value is -2.76. The highest BCUT2D eigenvalue weighted by Gasteiger charge is 2.32. The first-order chi connectivity index (χ1) is 13.9. The molecule has 29 heavy (non-hydrogen) atoms. The van der Waals surface area contributed by atoms with Gasteiger partial charge in [-0.15, -0.1) is 0 Å². The molecule has 2 aromatic rings. The first kappa shape index (κ1) is 21.0. The first-order valence-electron chi connectivity index (χ1n) is 9.90. The number of rotatable bonds is 5. The van der Waals surface area contributed by atoms with E-state index in [-0.39, 0.29) is 17.7 Å². The lowest BCUT2D eigenvalue weighted by Gasteiger charge is -2.36. The Labute approximate surface area is 170 Å². The van der Waals surface area contributed by atoms with Crippen molar-refractivity contribution in [3.8, 4) is 0 Å². The van der Waals surface area contributed by atoms with Crippen LogP contribution in [0.5, 0.6) is 0 Å². The van der Waals surface area contributed by atoms with Crippen LogP contribution in [-0.2, 0) is 16.0 Å². The number of hydrogen-bond acceptors (Lipinski definition) is 2. The lowest BCUT2D eigenvalue weighted by molar-refractivity contribution is -0.141. The zero-order valence-electron chi connectivity index (χ0n) is 16.8. The number of benzene rings is 2. The molecule has 154 valence electrons. The van der Waals surface area contributed by atoms with Gasteiger partial charge < -0.3 is 9.80 Å². The van der Waals surface area contributed by atoms with Crippen LogP contribution in [0, 0.1) is 17.6 Å². The fraction of sp³-hybridized carbons (Fsp3) is 0.391. The van der Waals surface area contributed by atoms with E-state index in [9.17, 15) is 18.4 Å². The van der Waals surface area contributed by atoms with Gasteiger partial charge in [0.25, 0.3) is 0 Å². The second kappa shape index (κ2) is 9.16. The van der Waals surface area contributed by atoms with Crippen LogP contribution in [-0.4, -0.2) is 41.8 Å². The van der Waals surface area contributed by atoms with E-state index < -0.39 is 17.7 Å². The summed E-state index contributed by atoms with van der Waals surface area (Å²) in [4.78, 5) is 29.0. The number of carbonyl (C=O) groups excluding carboxylic acids is 2. The number of amides is 2. The molecule has 0 bridgehead atoms. The summed E-state index contributed by atoms with van der Waals surface area (Å²) >= 11 is 0. The van der Waals surface area contributed by atoms with E-state index >= 15 is 0 Å². The number of likely N-dealkylation sites (tertiary alicyclic amines) is 1. The molecule has 0 aromatic heterocycles. The van der Waals surface area contributed by atoms with Gasteiger partial charge in [0, 0.05) is 20.1 Å². The fourth-order valence-electron chi connectivity index (χ4n) is 3.76. The minimum atomic E-state index is -0.925. The largest absolute Gasteiger partial charge is 0.342 e. The number of hydrogen-bond donors (Lipinski definition) is 0. The minimum absolute atomic E-state index is 0.0185. The zero-order chi connectivity index (χ0) is 21.0. The molecule has 1 saturated heterocycles. The molecular formula is C23H26F2N2O2. The average Bonchev–Trinajstić information content (AvgIpc) is 2.75. The molecule has 0 N–H and O–H groups in total. The van der Waals surface area contributed by atoms with Gasteiger partial charge >= 0.3 is 0 Å². The van der Waals surface area contributed by atoms with Crippen molar-refractivity contribution in [2.75, 3.05) is 20.1 Å². The minimum Gasteiger partial charge on any atom is -0.342 e. The maximum atomic E-state index is 13.6. The summed E-state index contributed by atoms with van der Waals surface area (Å²) in [6, 6.07) is 12.8. The highest BCUT2D eigenvalue weighted by Crippen LogP contribution is 2.26. The molecule has 1 aliphatic rings. The quantitative estimate of drug-likeness (QED) is 0.762. The summed E-state index contributed by atoms with van der Waals surface area (Å²) in [6.07, 6.45) is 1.80. The van der Waals surface area contributed by atoms with Crippen LogP contribution in [0.1, 0.15) is 36.9 Å². The van der Waals surface area contributed by atoms with E-state index in [1.54, 1.807) is 23.8 Å². The molecule has 0 spiro atoms. The predicted octanol–water partition coefficient (Wildman–Crippen LogP) is 3.97. The lowest BCUT2D eigenvalue weighted by atomic mass is 9.95. The molecule has 3 rings (SSSR count). The van der Waals surface area contributed by atoms with E-state index in [1.165, 1.54) is 6.07 Å². The Morgan fingerprint density at radius 3 is 2.55 bits per heavy atom. The second-order valence-electron chi connectivity index (χ2n) is 7.64. The van der Waals surface area contributed by atoms with Crippen LogP contribution in [0.2, 0.25) is 0 Å². The van der Waals surface area contributed by atoms with Crippen LogP contribution in [0.15, 0.2) is 48.5 Å². The summed E-state index contributed by atoms with van der Waals surface area (Å²) in [6.45, 7) is 2.82. The predicted molar refractivity (Wildman–Crippen MR) is 107 cm³/mol. The molecule has 1 fully saturated rings. The molecule has 0 radical (unpaired) electrons. The third-order valence-electron chi connectivity index (χ3n) is 5.68. The second-order valence-corrected chi connectivity index (χ2v) is 7.64. The molecule has 1 aliphatic heterocycles. The number of carbonyl (C=O) groups is 2. The zero-order valence-corrected chi connectivity index (χ0v) is 16.8. The maximum Gasteiger partial charge on any atom is 0.227 e. The van der Waals surface area contributed by atoms with E-state index in [4.69, 9.17) is 0 Å². The standard InChI is InChI=1S/C23H26F2N2O2/c1-16(18-10-11-20(24)21(25)14-18)26(2)23(29)19-9-6-12-27(15-19)22(28)13-17-7-4-3-5-8-17/h3-5,7-8,10-11,14,16,19H,6,9,12-13,15H2,1-2H3. The first-order valence-corrected chi connectivity index (χ1v) is 9.90. The lowest BCUT2D eigenvalue weighted by Crippen LogP contribution is -2.46. The number of halogens is 2. The van der Waals surface area contributed by atoms with Crippen molar-refractivity contribution in [3.05, 3.63) is 71.3 Å². The van der Waals surface area contributed by atoms with Gasteiger partial charge in [-0.2, -0.15) is 0 Å². The Bertz CT molecular complexity index is 872. The molecule has 0 saturated carbocycles. The Morgan fingerprint density at radius 2 is 1.86 bits per heavy atom. The molecule has 1 heterocycles. The van der Waals surface area contributed by atoms with Gasteiger partial charge in [0.15, 0.2) is 11.6 Å². The summed E-state index contributed by atoms with van der Waals surface area (Å²) in [5, 5.41) is 0. The summed E-state index contributed by atoms with van der Waals surface area (Å²) in [5.74, 6) is -2.19. The summed E-state index contributed by atoms with van der Waals surface area (Å²) in [5.41, 5.74) is 1.49. The highest BCUT2D eigenvalue weighted by atomic mass is 19.2. The molecular weight excluding hydrogens is 374 g/mol. The van der Waals surface area contributed by atoms with Crippen LogP contribution in [0.3, 0.4) is 0 Å². The van der Waals surface area contributed by atoms with E-state index in [0.717, 1.165) is 24.1 Å². The molecule has 6 heteroatoms. The Balaban J connectivity index is 1.63. The van der Waals surface area contributed by atoms with Gasteiger partial charge in [0.2, 0.25) is 11.8 Å². The normalized spacial score (nSPS) is 17.7. The smallest absolute Gasteiger partial charge is 0.227 e. The molecule has 0 aliphatic carbocycles. The van der Waals surface area contributed by atoms with Crippen LogP contribution in [0.25, 0.3) is 0 Å². The van der Waals surface area contributed by atoms with Crippen LogP contribution in [0.4, 0.5) is 8.78 Å². The molecule has 2 amide bonds. The Kier molecular flexibility index (Phi) is 6.62. The molecule has 2 atom stereocenters. The van der Waals surface area contributed by atoms with Crippen molar-refractivity contribution >= 4 is 11.8 Å². The molecule has 2 unspecified atom stereocenters. The number of nitrogens with zero attached hydrogens (tertiary/aromatic N) is 2. The van der Waals surface area contributed by atoms with Gasteiger partial charge in [-0.05, 0) is 43.0 Å². The van der Waals surface area contributed by atoms with Crippen LogP contribution >= 0.6 is 0 Å². The van der Waals surface area contributed by atoms with E-state index in [2.05, 4.69) is 0 Å². The molecule has 4 nitrogen and oxygen atoms in total. The van der Waals surface area contributed by atoms with Gasteiger partial charge in [-0.3, -0.25) is 9.59 Å². The van der Waals surface area contributed by atoms with Crippen molar-refractivity contribution in [1.29, 1.82) is 0 Å².